The number of nitrogens with one attached hydrogen (secondary N) is 1. The van der Waals surface area contributed by atoms with Gasteiger partial charge < -0.3 is 19.7 Å². The van der Waals surface area contributed by atoms with Crippen LogP contribution in [0.25, 0.3) is 10.8 Å². The normalized spacial score (nSPS) is 10.6. The molecule has 2 amide bonds. The summed E-state index contributed by atoms with van der Waals surface area (Å²) in [6.45, 7) is 1.04. The van der Waals surface area contributed by atoms with Crippen LogP contribution in [0.4, 0.5) is 10.5 Å². The predicted molar refractivity (Wildman–Crippen MR) is 109 cm³/mol. The van der Waals surface area contributed by atoms with Crippen molar-refractivity contribution in [3.8, 4) is 0 Å². The molecule has 0 unspecified atom stereocenters. The summed E-state index contributed by atoms with van der Waals surface area (Å²) in [4.78, 5) is 30.4. The van der Waals surface area contributed by atoms with Gasteiger partial charge in [0, 0.05) is 24.4 Å². The van der Waals surface area contributed by atoms with Gasteiger partial charge in [0.2, 0.25) is 0 Å². The molecule has 0 bridgehead atoms. The number of urea groups is 1. The summed E-state index contributed by atoms with van der Waals surface area (Å²) in [5, 5.41) is 7.25. The Hall–Kier alpha value is -2.97. The number of methoxy groups -OCH3 is 2. The average molecular weight is 399 g/mol. The summed E-state index contributed by atoms with van der Waals surface area (Å²) in [5.41, 5.74) is 0.976. The van der Waals surface area contributed by atoms with E-state index < -0.39 is 5.97 Å². The van der Waals surface area contributed by atoms with Crippen molar-refractivity contribution in [1.29, 1.82) is 0 Å². The van der Waals surface area contributed by atoms with Crippen molar-refractivity contribution < 1.29 is 19.1 Å². The molecule has 1 N–H and O–H groups in total. The van der Waals surface area contributed by atoms with E-state index in [2.05, 4.69) is 15.0 Å². The maximum Gasteiger partial charge on any atom is 0.357 e. The zero-order valence-corrected chi connectivity index (χ0v) is 16.5. The lowest BCUT2D eigenvalue weighted by Gasteiger charge is -2.22. The first-order valence-corrected chi connectivity index (χ1v) is 9.55. The highest BCUT2D eigenvalue weighted by Crippen LogP contribution is 2.23. The van der Waals surface area contributed by atoms with Gasteiger partial charge in [-0.25, -0.2) is 14.6 Å². The van der Waals surface area contributed by atoms with E-state index in [1.54, 1.807) is 17.4 Å². The van der Waals surface area contributed by atoms with Crippen LogP contribution >= 0.6 is 11.3 Å². The van der Waals surface area contributed by atoms with E-state index >= 15 is 0 Å². The van der Waals surface area contributed by atoms with Gasteiger partial charge >= 0.3 is 12.0 Å². The fourth-order valence-corrected chi connectivity index (χ4v) is 3.51. The number of carbonyl (C=O) groups is 2. The number of ether oxygens (including phenoxy) is 2. The number of thiazole rings is 1. The molecule has 8 heteroatoms. The number of carbonyl (C=O) groups excluding carboxylic acids is 2. The smallest absolute Gasteiger partial charge is 0.357 e. The fourth-order valence-electron chi connectivity index (χ4n) is 2.73. The van der Waals surface area contributed by atoms with Gasteiger partial charge in [-0.05, 0) is 11.5 Å². The third-order valence-electron chi connectivity index (χ3n) is 4.16. The van der Waals surface area contributed by atoms with E-state index in [1.807, 2.05) is 42.5 Å². The number of benzene rings is 2. The second-order valence-corrected chi connectivity index (χ2v) is 6.93. The minimum Gasteiger partial charge on any atom is -0.464 e. The molecule has 0 radical (unpaired) electrons. The fraction of sp³-hybridized carbons (Fsp3) is 0.250. The molecule has 1 aromatic heterocycles. The van der Waals surface area contributed by atoms with Crippen LogP contribution in [0.2, 0.25) is 0 Å². The van der Waals surface area contributed by atoms with Crippen LogP contribution in [0.1, 0.15) is 15.5 Å². The molecule has 2 aromatic carbocycles. The zero-order valence-electron chi connectivity index (χ0n) is 15.7. The highest BCUT2D eigenvalue weighted by atomic mass is 32.1. The number of nitrogens with zero attached hydrogens (tertiary/aromatic N) is 2. The molecule has 0 aliphatic heterocycles. The van der Waals surface area contributed by atoms with E-state index in [9.17, 15) is 9.59 Å². The Kier molecular flexibility index (Phi) is 6.57. The maximum absolute atomic E-state index is 12.9. The molecule has 0 saturated carbocycles. The molecule has 7 nitrogen and oxygen atoms in total. The molecule has 3 rings (SSSR count). The van der Waals surface area contributed by atoms with Crippen molar-refractivity contribution in [2.45, 2.75) is 6.54 Å². The molecule has 0 aliphatic rings. The predicted octanol–water partition coefficient (Wildman–Crippen LogP) is 3.76. The lowest BCUT2D eigenvalue weighted by molar-refractivity contribution is 0.0594. The summed E-state index contributed by atoms with van der Waals surface area (Å²) < 4.78 is 9.81. The van der Waals surface area contributed by atoms with E-state index in [4.69, 9.17) is 4.74 Å². The molecule has 3 aromatic rings. The number of anilines is 1. The minimum atomic E-state index is -0.494. The Morgan fingerprint density at radius 2 is 1.93 bits per heavy atom. The molecule has 28 heavy (non-hydrogen) atoms. The van der Waals surface area contributed by atoms with Gasteiger partial charge in [0.1, 0.15) is 5.01 Å². The van der Waals surface area contributed by atoms with Crippen LogP contribution in [0, 0.1) is 0 Å². The van der Waals surface area contributed by atoms with Crippen LogP contribution in [0.3, 0.4) is 0 Å². The van der Waals surface area contributed by atoms with Gasteiger partial charge in [0.25, 0.3) is 0 Å². The van der Waals surface area contributed by atoms with Gasteiger partial charge in [-0.1, -0.05) is 36.4 Å². The van der Waals surface area contributed by atoms with Gasteiger partial charge in [0.05, 0.1) is 25.9 Å². The van der Waals surface area contributed by atoms with Gasteiger partial charge in [-0.2, -0.15) is 0 Å². The number of amides is 2. The average Bonchev–Trinajstić information content (AvgIpc) is 3.19. The Bertz CT molecular complexity index is 967. The second kappa shape index (κ2) is 9.29. The summed E-state index contributed by atoms with van der Waals surface area (Å²) in [6, 6.07) is 13.4. The molecule has 0 atom stereocenters. The Balaban J connectivity index is 1.77. The summed E-state index contributed by atoms with van der Waals surface area (Å²) >= 11 is 1.31. The van der Waals surface area contributed by atoms with Gasteiger partial charge in [0.15, 0.2) is 5.69 Å². The summed E-state index contributed by atoms with van der Waals surface area (Å²) in [5.74, 6) is -0.494. The first kappa shape index (κ1) is 19.8. The van der Waals surface area contributed by atoms with E-state index in [0.29, 0.717) is 18.2 Å². The molecule has 1 heterocycles. The molecule has 0 saturated heterocycles. The van der Waals surface area contributed by atoms with Gasteiger partial charge in [-0.3, -0.25) is 0 Å². The number of hydrogen-bond donors (Lipinski definition) is 1. The SMILES string of the molecule is COCCN(Cc1nc(C(=O)OC)cs1)C(=O)Nc1cccc2ccccc12. The van der Waals surface area contributed by atoms with Crippen LogP contribution in [-0.2, 0) is 16.0 Å². The van der Waals surface area contributed by atoms with Crippen molar-refractivity contribution in [1.82, 2.24) is 9.88 Å². The largest absolute Gasteiger partial charge is 0.464 e. The van der Waals surface area contributed by atoms with Gasteiger partial charge in [-0.15, -0.1) is 11.3 Å². The van der Waals surface area contributed by atoms with Crippen LogP contribution in [0.5, 0.6) is 0 Å². The number of aromatic nitrogens is 1. The number of rotatable bonds is 7. The highest BCUT2D eigenvalue weighted by molar-refractivity contribution is 7.09. The summed E-state index contributed by atoms with van der Waals surface area (Å²) in [6.07, 6.45) is 0. The Morgan fingerprint density at radius 1 is 1.14 bits per heavy atom. The van der Waals surface area contributed by atoms with Crippen molar-refractivity contribution >= 4 is 39.8 Å². The highest BCUT2D eigenvalue weighted by Gasteiger charge is 2.18. The van der Waals surface area contributed by atoms with E-state index in [0.717, 1.165) is 16.5 Å². The monoisotopic (exact) mass is 399 g/mol. The van der Waals surface area contributed by atoms with Crippen LogP contribution in [0.15, 0.2) is 47.8 Å². The van der Waals surface area contributed by atoms with Crippen molar-refractivity contribution in [2.24, 2.45) is 0 Å². The number of fused-ring (bicyclic) bond motifs is 1. The first-order chi connectivity index (χ1) is 13.6. The Morgan fingerprint density at radius 3 is 2.71 bits per heavy atom. The standard InChI is InChI=1S/C20H21N3O4S/c1-26-11-10-23(12-18-21-17(13-28-18)19(24)27-2)20(25)22-16-9-5-7-14-6-3-4-8-15(14)16/h3-9,13H,10-12H2,1-2H3,(H,22,25). The second-order valence-electron chi connectivity index (χ2n) is 5.99. The molecule has 0 aliphatic carbocycles. The first-order valence-electron chi connectivity index (χ1n) is 8.67. The summed E-state index contributed by atoms with van der Waals surface area (Å²) in [7, 11) is 2.89. The molecular formula is C20H21N3O4S. The quantitative estimate of drug-likeness (QED) is 0.612. The molecule has 0 fully saturated rings. The van der Waals surface area contributed by atoms with Crippen molar-refractivity contribution in [3.05, 3.63) is 58.5 Å². The van der Waals surface area contributed by atoms with Crippen LogP contribution in [-0.4, -0.2) is 49.3 Å². The molecular weight excluding hydrogens is 378 g/mol. The van der Waals surface area contributed by atoms with Crippen LogP contribution < -0.4 is 5.32 Å². The number of esters is 1. The van der Waals surface area contributed by atoms with E-state index in [1.165, 1.54) is 18.4 Å². The topological polar surface area (TPSA) is 80.8 Å². The molecule has 146 valence electrons. The molecule has 0 spiro atoms. The van der Waals surface area contributed by atoms with E-state index in [-0.39, 0.29) is 18.3 Å². The van der Waals surface area contributed by atoms with Crippen molar-refractivity contribution in [2.75, 3.05) is 32.7 Å². The Labute approximate surface area is 166 Å². The zero-order chi connectivity index (χ0) is 19.9. The van der Waals surface area contributed by atoms with Crippen molar-refractivity contribution in [3.63, 3.8) is 0 Å². The minimum absolute atomic E-state index is 0.239. The number of hydrogen-bond acceptors (Lipinski definition) is 6. The third kappa shape index (κ3) is 4.65. The lowest BCUT2D eigenvalue weighted by atomic mass is 10.1. The maximum atomic E-state index is 12.9. The third-order valence-corrected chi connectivity index (χ3v) is 4.99. The lowest BCUT2D eigenvalue weighted by Crippen LogP contribution is -2.36.